The molecule has 1 N–H and O–H groups in total. The Labute approximate surface area is 75.9 Å². The number of aliphatic hydroxyl groups is 1. The lowest BCUT2D eigenvalue weighted by Gasteiger charge is -2.24. The van der Waals surface area contributed by atoms with Gasteiger partial charge in [-0.05, 0) is 33.1 Å². The molecule has 2 nitrogen and oxygen atoms in total. The molecule has 0 aliphatic heterocycles. The Bertz CT molecular complexity index is 100. The zero-order valence-corrected chi connectivity index (χ0v) is 8.60. The summed E-state index contributed by atoms with van der Waals surface area (Å²) in [6.45, 7) is 7.45. The normalized spacial score (nSPS) is 12.0. The van der Waals surface area contributed by atoms with Crippen molar-refractivity contribution in [1.29, 1.82) is 0 Å². The van der Waals surface area contributed by atoms with Gasteiger partial charge >= 0.3 is 0 Å². The molecular formula is C10H22O2. The van der Waals surface area contributed by atoms with E-state index in [0.717, 1.165) is 32.3 Å². The first-order chi connectivity index (χ1) is 5.62. The molecule has 0 amide bonds. The molecule has 0 saturated carbocycles. The highest BCUT2D eigenvalue weighted by Gasteiger charge is 2.15. The molecule has 2 heteroatoms. The average Bonchev–Trinajstić information content (AvgIpc) is 1.98. The third-order valence-corrected chi connectivity index (χ3v) is 1.90. The molecule has 0 atom stereocenters. The van der Waals surface area contributed by atoms with E-state index in [-0.39, 0.29) is 12.2 Å². The van der Waals surface area contributed by atoms with Crippen LogP contribution in [0.3, 0.4) is 0 Å². The zero-order valence-electron chi connectivity index (χ0n) is 8.60. The fourth-order valence-electron chi connectivity index (χ4n) is 1.24. The lowest BCUT2D eigenvalue weighted by molar-refractivity contribution is -0.0263. The van der Waals surface area contributed by atoms with Gasteiger partial charge in [0, 0.05) is 13.2 Å². The molecule has 0 fully saturated rings. The van der Waals surface area contributed by atoms with Gasteiger partial charge < -0.3 is 9.84 Å². The summed E-state index contributed by atoms with van der Waals surface area (Å²) in [5.74, 6) is 0. The van der Waals surface area contributed by atoms with E-state index in [1.807, 2.05) is 0 Å². The van der Waals surface area contributed by atoms with Crippen molar-refractivity contribution >= 4 is 0 Å². The molecule has 0 saturated heterocycles. The van der Waals surface area contributed by atoms with Crippen LogP contribution in [-0.4, -0.2) is 23.9 Å². The quantitative estimate of drug-likeness (QED) is 0.600. The summed E-state index contributed by atoms with van der Waals surface area (Å²) in [6.07, 6.45) is 4.07. The van der Waals surface area contributed by atoms with Crippen molar-refractivity contribution < 1.29 is 9.84 Å². The van der Waals surface area contributed by atoms with Gasteiger partial charge in [0.15, 0.2) is 0 Å². The molecule has 0 aliphatic carbocycles. The smallest absolute Gasteiger partial charge is 0.0626 e. The van der Waals surface area contributed by atoms with E-state index in [9.17, 15) is 0 Å². The first kappa shape index (κ1) is 11.9. The van der Waals surface area contributed by atoms with Crippen molar-refractivity contribution in [2.24, 2.45) is 0 Å². The summed E-state index contributed by atoms with van der Waals surface area (Å²) >= 11 is 0. The standard InChI is InChI=1S/C10H22O2/c1-4-7-10(2,3)12-9-6-5-8-11/h11H,4-9H2,1-3H3. The van der Waals surface area contributed by atoms with Crippen molar-refractivity contribution in [2.75, 3.05) is 13.2 Å². The van der Waals surface area contributed by atoms with Crippen LogP contribution >= 0.6 is 0 Å². The molecule has 0 aliphatic rings. The molecule has 74 valence electrons. The van der Waals surface area contributed by atoms with E-state index in [2.05, 4.69) is 20.8 Å². The van der Waals surface area contributed by atoms with Crippen molar-refractivity contribution in [3.8, 4) is 0 Å². The molecule has 0 aromatic carbocycles. The topological polar surface area (TPSA) is 29.5 Å². The van der Waals surface area contributed by atoms with Gasteiger partial charge in [-0.3, -0.25) is 0 Å². The van der Waals surface area contributed by atoms with E-state index in [4.69, 9.17) is 9.84 Å². The van der Waals surface area contributed by atoms with Crippen molar-refractivity contribution in [1.82, 2.24) is 0 Å². The van der Waals surface area contributed by atoms with Gasteiger partial charge in [0.05, 0.1) is 5.60 Å². The summed E-state index contributed by atoms with van der Waals surface area (Å²) in [5, 5.41) is 8.54. The van der Waals surface area contributed by atoms with Gasteiger partial charge in [0.1, 0.15) is 0 Å². The van der Waals surface area contributed by atoms with E-state index in [1.54, 1.807) is 0 Å². The Morgan fingerprint density at radius 3 is 2.42 bits per heavy atom. The minimum absolute atomic E-state index is 0.0181. The number of rotatable bonds is 7. The molecule has 0 heterocycles. The van der Waals surface area contributed by atoms with Crippen molar-refractivity contribution in [3.63, 3.8) is 0 Å². The fraction of sp³-hybridized carbons (Fsp3) is 1.00. The molecule has 0 aromatic rings. The minimum atomic E-state index is 0.0181. The molecule has 12 heavy (non-hydrogen) atoms. The fourth-order valence-corrected chi connectivity index (χ4v) is 1.24. The first-order valence-corrected chi connectivity index (χ1v) is 4.87. The Hall–Kier alpha value is -0.0800. The Kier molecular flexibility index (Phi) is 6.39. The summed E-state index contributed by atoms with van der Waals surface area (Å²) in [4.78, 5) is 0. The van der Waals surface area contributed by atoms with E-state index >= 15 is 0 Å². The van der Waals surface area contributed by atoms with Crippen molar-refractivity contribution in [2.45, 2.75) is 52.1 Å². The number of unbranched alkanes of at least 4 members (excludes halogenated alkanes) is 1. The van der Waals surface area contributed by atoms with Gasteiger partial charge in [0.25, 0.3) is 0 Å². The first-order valence-electron chi connectivity index (χ1n) is 4.87. The van der Waals surface area contributed by atoms with Crippen molar-refractivity contribution in [3.05, 3.63) is 0 Å². The molecule has 0 radical (unpaired) electrons. The van der Waals surface area contributed by atoms with Crippen LogP contribution in [0.5, 0.6) is 0 Å². The Balaban J connectivity index is 3.33. The van der Waals surface area contributed by atoms with Crippen LogP contribution in [0.25, 0.3) is 0 Å². The van der Waals surface area contributed by atoms with E-state index in [1.165, 1.54) is 0 Å². The van der Waals surface area contributed by atoms with Gasteiger partial charge in [-0.2, -0.15) is 0 Å². The number of hydrogen-bond acceptors (Lipinski definition) is 2. The molecule has 0 spiro atoms. The average molecular weight is 174 g/mol. The highest BCUT2D eigenvalue weighted by atomic mass is 16.5. The monoisotopic (exact) mass is 174 g/mol. The molecule has 0 bridgehead atoms. The number of ether oxygens (including phenoxy) is 1. The summed E-state index contributed by atoms with van der Waals surface area (Å²) in [6, 6.07) is 0. The van der Waals surface area contributed by atoms with Crippen LogP contribution in [0.4, 0.5) is 0 Å². The maximum absolute atomic E-state index is 8.54. The predicted octanol–water partition coefficient (Wildman–Crippen LogP) is 2.35. The lowest BCUT2D eigenvalue weighted by Crippen LogP contribution is -2.24. The highest BCUT2D eigenvalue weighted by Crippen LogP contribution is 2.16. The molecule has 0 rings (SSSR count). The SMILES string of the molecule is CCCC(C)(C)OCCCCO. The highest BCUT2D eigenvalue weighted by molar-refractivity contribution is 4.66. The third kappa shape index (κ3) is 6.62. The van der Waals surface area contributed by atoms with Gasteiger partial charge in [-0.1, -0.05) is 13.3 Å². The second-order valence-corrected chi connectivity index (χ2v) is 3.79. The number of hydrogen-bond donors (Lipinski definition) is 1. The maximum atomic E-state index is 8.54. The second kappa shape index (κ2) is 6.44. The van der Waals surface area contributed by atoms with Crippen LogP contribution in [-0.2, 0) is 4.74 Å². The van der Waals surface area contributed by atoms with Crippen LogP contribution in [0.15, 0.2) is 0 Å². The van der Waals surface area contributed by atoms with Gasteiger partial charge in [-0.25, -0.2) is 0 Å². The second-order valence-electron chi connectivity index (χ2n) is 3.79. The minimum Gasteiger partial charge on any atom is -0.396 e. The van der Waals surface area contributed by atoms with Crippen LogP contribution in [0.1, 0.15) is 46.5 Å². The zero-order chi connectivity index (χ0) is 9.45. The predicted molar refractivity (Wildman–Crippen MR) is 51.3 cm³/mol. The Morgan fingerprint density at radius 2 is 1.92 bits per heavy atom. The maximum Gasteiger partial charge on any atom is 0.0626 e. The Morgan fingerprint density at radius 1 is 1.25 bits per heavy atom. The largest absolute Gasteiger partial charge is 0.396 e. The molecular weight excluding hydrogens is 152 g/mol. The van der Waals surface area contributed by atoms with Crippen LogP contribution in [0.2, 0.25) is 0 Å². The molecule has 0 unspecified atom stereocenters. The summed E-state index contributed by atoms with van der Waals surface area (Å²) in [7, 11) is 0. The van der Waals surface area contributed by atoms with Crippen LogP contribution in [0, 0.1) is 0 Å². The lowest BCUT2D eigenvalue weighted by atomic mass is 10.0. The summed E-state index contributed by atoms with van der Waals surface area (Å²) in [5.41, 5.74) is 0.0181. The number of aliphatic hydroxyl groups excluding tert-OH is 1. The van der Waals surface area contributed by atoms with Crippen LogP contribution < -0.4 is 0 Å². The van der Waals surface area contributed by atoms with E-state index < -0.39 is 0 Å². The summed E-state index contributed by atoms with van der Waals surface area (Å²) < 4.78 is 5.66. The van der Waals surface area contributed by atoms with Gasteiger partial charge in [-0.15, -0.1) is 0 Å². The van der Waals surface area contributed by atoms with Gasteiger partial charge in [0.2, 0.25) is 0 Å². The molecule has 0 aromatic heterocycles. The third-order valence-electron chi connectivity index (χ3n) is 1.90. The van der Waals surface area contributed by atoms with E-state index in [0.29, 0.717) is 0 Å².